The molecule has 2 rings (SSSR count). The summed E-state index contributed by atoms with van der Waals surface area (Å²) in [5.74, 6) is -1.11. The molecule has 1 aliphatic heterocycles. The largest absolute Gasteiger partial charge is 0.481 e. The zero-order chi connectivity index (χ0) is 17.4. The maximum atomic E-state index is 12.7. The number of hydrogen-bond donors (Lipinski definition) is 2. The number of carbonyl (C=O) groups is 2. The van der Waals surface area contributed by atoms with Crippen LogP contribution in [0, 0.1) is 19.3 Å². The fourth-order valence-corrected chi connectivity index (χ4v) is 3.50. The summed E-state index contributed by atoms with van der Waals surface area (Å²) in [4.78, 5) is 26.0. The molecule has 6 heteroatoms. The zero-order valence-electron chi connectivity index (χ0n) is 14.3. The number of β-amino-alcohol motifs (C(OH)–C–C–N with tert-alkyl or cyclic N) is 1. The van der Waals surface area contributed by atoms with Gasteiger partial charge in [-0.1, -0.05) is 13.3 Å². The van der Waals surface area contributed by atoms with Crippen LogP contribution in [-0.2, 0) is 11.8 Å². The maximum absolute atomic E-state index is 12.7. The quantitative estimate of drug-likeness (QED) is 0.884. The Labute approximate surface area is 136 Å². The Morgan fingerprint density at radius 3 is 2.48 bits per heavy atom. The molecule has 1 aliphatic rings. The molecule has 1 saturated heterocycles. The molecular weight excluding hydrogens is 296 g/mol. The molecule has 1 amide bonds. The lowest BCUT2D eigenvalue weighted by atomic mass is 9.72. The molecule has 0 aliphatic carbocycles. The number of rotatable bonds is 4. The molecule has 128 valence electrons. The highest BCUT2D eigenvalue weighted by molar-refractivity contribution is 5.96. The van der Waals surface area contributed by atoms with Gasteiger partial charge >= 0.3 is 5.97 Å². The highest BCUT2D eigenvalue weighted by Gasteiger charge is 2.48. The number of aliphatic hydroxyl groups is 1. The number of carboxylic acids is 1. The van der Waals surface area contributed by atoms with E-state index in [1.165, 1.54) is 0 Å². The molecule has 0 radical (unpaired) electrons. The number of aliphatic carboxylic acids is 1. The Morgan fingerprint density at radius 2 is 2.04 bits per heavy atom. The standard InChI is InChI=1S/C17H26N2O4/c1-5-6-17(16(22)23)7-8-19(10-14(17)20)15(21)13-9-11(2)18(4)12(13)3/h9,14,20H,5-8,10H2,1-4H3,(H,22,23)/t14-,17-/m0/s1. The van der Waals surface area contributed by atoms with Crippen molar-refractivity contribution < 1.29 is 19.8 Å². The molecule has 2 N–H and O–H groups in total. The summed E-state index contributed by atoms with van der Waals surface area (Å²) >= 11 is 0. The molecule has 2 atom stereocenters. The molecule has 1 aromatic heterocycles. The van der Waals surface area contributed by atoms with E-state index in [4.69, 9.17) is 0 Å². The van der Waals surface area contributed by atoms with E-state index in [-0.39, 0.29) is 18.9 Å². The number of aromatic nitrogens is 1. The van der Waals surface area contributed by atoms with E-state index < -0.39 is 17.5 Å². The molecular formula is C17H26N2O4. The minimum Gasteiger partial charge on any atom is -0.481 e. The third-order valence-corrected chi connectivity index (χ3v) is 5.27. The summed E-state index contributed by atoms with van der Waals surface area (Å²) < 4.78 is 1.95. The summed E-state index contributed by atoms with van der Waals surface area (Å²) in [6, 6.07) is 1.84. The van der Waals surface area contributed by atoms with Crippen molar-refractivity contribution in [2.24, 2.45) is 12.5 Å². The van der Waals surface area contributed by atoms with E-state index in [0.29, 0.717) is 24.9 Å². The van der Waals surface area contributed by atoms with E-state index in [1.54, 1.807) is 4.90 Å². The van der Waals surface area contributed by atoms with E-state index >= 15 is 0 Å². The van der Waals surface area contributed by atoms with Crippen LogP contribution in [0.3, 0.4) is 0 Å². The molecule has 1 fully saturated rings. The van der Waals surface area contributed by atoms with Gasteiger partial charge in [0.05, 0.1) is 17.1 Å². The summed E-state index contributed by atoms with van der Waals surface area (Å²) in [5.41, 5.74) is 1.36. The monoisotopic (exact) mass is 322 g/mol. The number of hydrogen-bond acceptors (Lipinski definition) is 3. The molecule has 0 spiro atoms. The fraction of sp³-hybridized carbons (Fsp3) is 0.647. The Bertz CT molecular complexity index is 622. The molecule has 23 heavy (non-hydrogen) atoms. The molecule has 1 aromatic rings. The van der Waals surface area contributed by atoms with Crippen LogP contribution >= 0.6 is 0 Å². The molecule has 0 bridgehead atoms. The van der Waals surface area contributed by atoms with Crippen molar-refractivity contribution in [2.45, 2.75) is 46.1 Å². The van der Waals surface area contributed by atoms with Gasteiger partial charge in [0.15, 0.2) is 0 Å². The number of nitrogens with zero attached hydrogens (tertiary/aromatic N) is 2. The van der Waals surface area contributed by atoms with Crippen LogP contribution in [0.1, 0.15) is 47.9 Å². The van der Waals surface area contributed by atoms with Gasteiger partial charge in [0.2, 0.25) is 0 Å². The fourth-order valence-electron chi connectivity index (χ4n) is 3.50. The lowest BCUT2D eigenvalue weighted by molar-refractivity contribution is -0.162. The molecule has 2 heterocycles. The van der Waals surface area contributed by atoms with Gasteiger partial charge < -0.3 is 19.7 Å². The van der Waals surface area contributed by atoms with Gasteiger partial charge in [-0.3, -0.25) is 9.59 Å². The first-order valence-electron chi connectivity index (χ1n) is 8.08. The number of amides is 1. The van der Waals surface area contributed by atoms with Crippen LogP contribution in [0.4, 0.5) is 0 Å². The van der Waals surface area contributed by atoms with Gasteiger partial charge in [0.25, 0.3) is 5.91 Å². The highest BCUT2D eigenvalue weighted by atomic mass is 16.4. The summed E-state index contributed by atoms with van der Waals surface area (Å²) in [6.45, 7) is 6.16. The molecule has 0 saturated carbocycles. The van der Waals surface area contributed by atoms with Crippen molar-refractivity contribution in [1.82, 2.24) is 9.47 Å². The van der Waals surface area contributed by atoms with Crippen molar-refractivity contribution in [3.63, 3.8) is 0 Å². The molecule has 6 nitrogen and oxygen atoms in total. The van der Waals surface area contributed by atoms with E-state index in [1.807, 2.05) is 38.5 Å². The van der Waals surface area contributed by atoms with Gasteiger partial charge in [0, 0.05) is 31.5 Å². The van der Waals surface area contributed by atoms with Crippen molar-refractivity contribution in [1.29, 1.82) is 0 Å². The average Bonchev–Trinajstić information content (AvgIpc) is 2.76. The first kappa shape index (κ1) is 17.5. The Balaban J connectivity index is 2.21. The smallest absolute Gasteiger partial charge is 0.312 e. The van der Waals surface area contributed by atoms with Crippen molar-refractivity contribution >= 4 is 11.9 Å². The summed E-state index contributed by atoms with van der Waals surface area (Å²) in [7, 11) is 1.91. The van der Waals surface area contributed by atoms with Crippen LogP contribution in [0.25, 0.3) is 0 Å². The number of aliphatic hydroxyl groups excluding tert-OH is 1. The third kappa shape index (κ3) is 2.87. The average molecular weight is 322 g/mol. The van der Waals surface area contributed by atoms with E-state index in [0.717, 1.165) is 11.4 Å². The third-order valence-electron chi connectivity index (χ3n) is 5.27. The number of likely N-dealkylation sites (tertiary alicyclic amines) is 1. The van der Waals surface area contributed by atoms with Crippen molar-refractivity contribution in [3.05, 3.63) is 23.0 Å². The number of carboxylic acid groups (broad SMARTS) is 1. The van der Waals surface area contributed by atoms with Gasteiger partial charge in [-0.2, -0.15) is 0 Å². The van der Waals surface area contributed by atoms with E-state index in [9.17, 15) is 19.8 Å². The number of piperidine rings is 1. The predicted molar refractivity (Wildman–Crippen MR) is 86.4 cm³/mol. The maximum Gasteiger partial charge on any atom is 0.312 e. The molecule has 0 aromatic carbocycles. The van der Waals surface area contributed by atoms with Gasteiger partial charge in [0.1, 0.15) is 0 Å². The van der Waals surface area contributed by atoms with Crippen molar-refractivity contribution in [2.75, 3.05) is 13.1 Å². The van der Waals surface area contributed by atoms with Crippen molar-refractivity contribution in [3.8, 4) is 0 Å². The van der Waals surface area contributed by atoms with Gasteiger partial charge in [-0.15, -0.1) is 0 Å². The van der Waals surface area contributed by atoms with Crippen LogP contribution in [-0.4, -0.2) is 50.8 Å². The van der Waals surface area contributed by atoms with E-state index in [2.05, 4.69) is 0 Å². The Hall–Kier alpha value is -1.82. The first-order chi connectivity index (χ1) is 10.7. The van der Waals surface area contributed by atoms with Gasteiger partial charge in [-0.05, 0) is 32.8 Å². The lowest BCUT2D eigenvalue weighted by Gasteiger charge is -2.42. The lowest BCUT2D eigenvalue weighted by Crippen LogP contribution is -2.56. The summed E-state index contributed by atoms with van der Waals surface area (Å²) in [6.07, 6.45) is 0.361. The highest BCUT2D eigenvalue weighted by Crippen LogP contribution is 2.37. The normalized spacial score (nSPS) is 24.7. The number of aryl methyl sites for hydroxylation is 1. The van der Waals surface area contributed by atoms with Crippen LogP contribution < -0.4 is 0 Å². The Morgan fingerprint density at radius 1 is 1.39 bits per heavy atom. The second-order valence-electron chi connectivity index (χ2n) is 6.57. The second-order valence-corrected chi connectivity index (χ2v) is 6.57. The SMILES string of the molecule is CCC[C@]1(C(=O)O)CCN(C(=O)c2cc(C)n(C)c2C)C[C@@H]1O. The topological polar surface area (TPSA) is 82.8 Å². The second kappa shape index (κ2) is 6.35. The minimum absolute atomic E-state index is 0.0680. The van der Waals surface area contributed by atoms with Crippen LogP contribution in [0.2, 0.25) is 0 Å². The van der Waals surface area contributed by atoms with Crippen LogP contribution in [0.15, 0.2) is 6.07 Å². The Kier molecular flexibility index (Phi) is 4.84. The molecule has 0 unspecified atom stereocenters. The first-order valence-corrected chi connectivity index (χ1v) is 8.08. The summed E-state index contributed by atoms with van der Waals surface area (Å²) in [5, 5.41) is 20.0. The predicted octanol–water partition coefficient (Wildman–Crippen LogP) is 1.72. The van der Waals surface area contributed by atoms with Gasteiger partial charge in [-0.25, -0.2) is 0 Å². The minimum atomic E-state index is -1.13. The number of carbonyl (C=O) groups excluding carboxylic acids is 1. The zero-order valence-corrected chi connectivity index (χ0v) is 14.3. The van der Waals surface area contributed by atoms with Crippen LogP contribution in [0.5, 0.6) is 0 Å².